The molecule has 1 heterocycles. The third-order valence-corrected chi connectivity index (χ3v) is 4.02. The Labute approximate surface area is 109 Å². The van der Waals surface area contributed by atoms with Crippen molar-refractivity contribution in [3.8, 4) is 0 Å². The van der Waals surface area contributed by atoms with Gasteiger partial charge in [0.25, 0.3) is 0 Å². The van der Waals surface area contributed by atoms with Gasteiger partial charge in [0.1, 0.15) is 0 Å². The first-order chi connectivity index (χ1) is 8.22. The van der Waals surface area contributed by atoms with Crippen molar-refractivity contribution in [1.82, 2.24) is 15.5 Å². The summed E-state index contributed by atoms with van der Waals surface area (Å²) in [6.45, 7) is 8.71. The second-order valence-electron chi connectivity index (χ2n) is 4.49. The molecule has 5 heteroatoms. The molecule has 100 valence electrons. The fraction of sp³-hybridized carbons (Fsp3) is 0.917. The third kappa shape index (κ3) is 6.91. The molecule has 1 rings (SSSR count). The second-order valence-corrected chi connectivity index (χ2v) is 5.72. The molecule has 17 heavy (non-hydrogen) atoms. The lowest BCUT2D eigenvalue weighted by molar-refractivity contribution is -0.120. The number of thioether (sulfide) groups is 1. The van der Waals surface area contributed by atoms with Gasteiger partial charge in [0.05, 0.1) is 6.54 Å². The number of nitrogens with zero attached hydrogens (tertiary/aromatic N) is 1. The highest BCUT2D eigenvalue weighted by Gasteiger charge is 2.10. The van der Waals surface area contributed by atoms with Crippen LogP contribution in [-0.4, -0.2) is 61.1 Å². The zero-order valence-electron chi connectivity index (χ0n) is 11.0. The molecule has 0 bridgehead atoms. The maximum atomic E-state index is 11.5. The molecular formula is C12H25N3OS. The first-order valence-electron chi connectivity index (χ1n) is 6.52. The highest BCUT2D eigenvalue weighted by Crippen LogP contribution is 2.07. The van der Waals surface area contributed by atoms with Gasteiger partial charge in [-0.25, -0.2) is 0 Å². The lowest BCUT2D eigenvalue weighted by Crippen LogP contribution is -2.42. The molecule has 0 aromatic rings. The number of hydrogen-bond donors (Lipinski definition) is 2. The van der Waals surface area contributed by atoms with E-state index in [0.717, 1.165) is 32.6 Å². The van der Waals surface area contributed by atoms with Crippen LogP contribution in [0.3, 0.4) is 0 Å². The Bertz CT molecular complexity index is 220. The number of hydrogen-bond acceptors (Lipinski definition) is 4. The normalized spacial score (nSPS) is 18.9. The first kappa shape index (κ1) is 14.8. The van der Waals surface area contributed by atoms with Crippen LogP contribution in [0.1, 0.15) is 20.3 Å². The van der Waals surface area contributed by atoms with Gasteiger partial charge in [0.2, 0.25) is 5.91 Å². The molecule has 0 spiro atoms. The van der Waals surface area contributed by atoms with Crippen LogP contribution in [0.25, 0.3) is 0 Å². The molecule has 4 nitrogen and oxygen atoms in total. The zero-order chi connectivity index (χ0) is 12.5. The van der Waals surface area contributed by atoms with Crippen molar-refractivity contribution in [2.24, 2.45) is 0 Å². The molecule has 0 saturated carbocycles. The Morgan fingerprint density at radius 2 is 2.12 bits per heavy atom. The summed E-state index contributed by atoms with van der Waals surface area (Å²) in [5, 5.41) is 6.15. The molecule has 1 saturated heterocycles. The summed E-state index contributed by atoms with van der Waals surface area (Å²) < 4.78 is 0. The largest absolute Gasteiger partial charge is 0.354 e. The fourth-order valence-electron chi connectivity index (χ4n) is 1.65. The van der Waals surface area contributed by atoms with E-state index in [1.165, 1.54) is 11.5 Å². The van der Waals surface area contributed by atoms with Gasteiger partial charge in [-0.2, -0.15) is 11.8 Å². The summed E-state index contributed by atoms with van der Waals surface area (Å²) in [7, 11) is 0. The van der Waals surface area contributed by atoms with Crippen LogP contribution < -0.4 is 10.6 Å². The average Bonchev–Trinajstić information content (AvgIpc) is 2.37. The van der Waals surface area contributed by atoms with Crippen molar-refractivity contribution in [3.63, 3.8) is 0 Å². The zero-order valence-corrected chi connectivity index (χ0v) is 11.8. The quantitative estimate of drug-likeness (QED) is 0.700. The summed E-state index contributed by atoms with van der Waals surface area (Å²) in [6, 6.07) is 0.417. The van der Waals surface area contributed by atoms with E-state index in [1.54, 1.807) is 0 Å². The van der Waals surface area contributed by atoms with Crippen LogP contribution in [0.2, 0.25) is 0 Å². The van der Waals surface area contributed by atoms with Gasteiger partial charge in [-0.1, -0.05) is 6.92 Å². The number of carbonyl (C=O) groups is 1. The van der Waals surface area contributed by atoms with Gasteiger partial charge in [0.15, 0.2) is 0 Å². The minimum atomic E-state index is 0.108. The average molecular weight is 259 g/mol. The summed E-state index contributed by atoms with van der Waals surface area (Å²) in [6.07, 6.45) is 1.05. The van der Waals surface area contributed by atoms with E-state index in [2.05, 4.69) is 29.4 Å². The predicted octanol–water partition coefficient (Wildman–Crippen LogP) is 0.540. The summed E-state index contributed by atoms with van der Waals surface area (Å²) in [4.78, 5) is 13.9. The molecule has 0 radical (unpaired) electrons. The van der Waals surface area contributed by atoms with Crippen LogP contribution in [0, 0.1) is 0 Å². The highest BCUT2D eigenvalue weighted by molar-refractivity contribution is 7.99. The molecule has 2 N–H and O–H groups in total. The van der Waals surface area contributed by atoms with Crippen molar-refractivity contribution in [2.75, 3.05) is 44.2 Å². The number of nitrogens with one attached hydrogen (secondary N) is 2. The van der Waals surface area contributed by atoms with E-state index in [4.69, 9.17) is 0 Å². The molecule has 0 aromatic carbocycles. The van der Waals surface area contributed by atoms with Gasteiger partial charge in [-0.15, -0.1) is 0 Å². The lowest BCUT2D eigenvalue weighted by atomic mass is 10.2. The predicted molar refractivity (Wildman–Crippen MR) is 74.5 cm³/mol. The molecule has 0 aliphatic carbocycles. The standard InChI is InChI=1S/C12H25N3OS/c1-3-11(2)14-10-12(16)13-4-5-15-6-8-17-9-7-15/h11,14H,3-10H2,1-2H3,(H,13,16). The topological polar surface area (TPSA) is 44.4 Å². The van der Waals surface area contributed by atoms with Crippen LogP contribution in [0.15, 0.2) is 0 Å². The summed E-state index contributed by atoms with van der Waals surface area (Å²) >= 11 is 2.01. The Balaban J connectivity index is 1.99. The van der Waals surface area contributed by atoms with Crippen LogP contribution in [-0.2, 0) is 4.79 Å². The molecule has 1 fully saturated rings. The van der Waals surface area contributed by atoms with Gasteiger partial charge in [-0.05, 0) is 13.3 Å². The number of rotatable bonds is 7. The van der Waals surface area contributed by atoms with Gasteiger partial charge in [-0.3, -0.25) is 9.69 Å². The molecular weight excluding hydrogens is 234 g/mol. The van der Waals surface area contributed by atoms with E-state index in [9.17, 15) is 4.79 Å². The second kappa shape index (κ2) is 8.78. The number of carbonyl (C=O) groups excluding carboxylic acids is 1. The third-order valence-electron chi connectivity index (χ3n) is 3.08. The molecule has 1 atom stereocenters. The molecule has 1 aliphatic rings. The summed E-state index contributed by atoms with van der Waals surface area (Å²) in [5.41, 5.74) is 0. The monoisotopic (exact) mass is 259 g/mol. The Kier molecular flexibility index (Phi) is 7.64. The van der Waals surface area contributed by atoms with Crippen LogP contribution >= 0.6 is 11.8 Å². The van der Waals surface area contributed by atoms with E-state index >= 15 is 0 Å². The Hall–Kier alpha value is -0.260. The molecule has 0 aromatic heterocycles. The van der Waals surface area contributed by atoms with Gasteiger partial charge >= 0.3 is 0 Å². The Morgan fingerprint density at radius 1 is 1.41 bits per heavy atom. The smallest absolute Gasteiger partial charge is 0.234 e. The van der Waals surface area contributed by atoms with Gasteiger partial charge in [0, 0.05) is 43.7 Å². The molecule has 1 aliphatic heterocycles. The molecule has 1 amide bonds. The fourth-order valence-corrected chi connectivity index (χ4v) is 2.63. The SMILES string of the molecule is CCC(C)NCC(=O)NCCN1CCSCC1. The first-order valence-corrected chi connectivity index (χ1v) is 7.68. The maximum absolute atomic E-state index is 11.5. The van der Waals surface area contributed by atoms with Crippen molar-refractivity contribution in [1.29, 1.82) is 0 Å². The number of amides is 1. The van der Waals surface area contributed by atoms with Crippen LogP contribution in [0.5, 0.6) is 0 Å². The maximum Gasteiger partial charge on any atom is 0.234 e. The minimum Gasteiger partial charge on any atom is -0.354 e. The lowest BCUT2D eigenvalue weighted by Gasteiger charge is -2.26. The van der Waals surface area contributed by atoms with Crippen molar-refractivity contribution >= 4 is 17.7 Å². The Morgan fingerprint density at radius 3 is 2.76 bits per heavy atom. The van der Waals surface area contributed by atoms with E-state index in [0.29, 0.717) is 12.6 Å². The van der Waals surface area contributed by atoms with E-state index in [1.807, 2.05) is 11.8 Å². The minimum absolute atomic E-state index is 0.108. The van der Waals surface area contributed by atoms with Crippen molar-refractivity contribution in [3.05, 3.63) is 0 Å². The summed E-state index contributed by atoms with van der Waals surface area (Å²) in [5.74, 6) is 2.56. The van der Waals surface area contributed by atoms with Crippen molar-refractivity contribution < 1.29 is 4.79 Å². The van der Waals surface area contributed by atoms with Crippen molar-refractivity contribution in [2.45, 2.75) is 26.3 Å². The van der Waals surface area contributed by atoms with E-state index < -0.39 is 0 Å². The van der Waals surface area contributed by atoms with Gasteiger partial charge < -0.3 is 10.6 Å². The van der Waals surface area contributed by atoms with Crippen LogP contribution in [0.4, 0.5) is 0 Å². The van der Waals surface area contributed by atoms with E-state index in [-0.39, 0.29) is 5.91 Å². The molecule has 1 unspecified atom stereocenters. The highest BCUT2D eigenvalue weighted by atomic mass is 32.2.